The molecule has 0 saturated carbocycles. The van der Waals surface area contributed by atoms with Gasteiger partial charge in [0.25, 0.3) is 0 Å². The van der Waals surface area contributed by atoms with Crippen molar-refractivity contribution in [2.45, 2.75) is 247 Å². The fourth-order valence-corrected chi connectivity index (χ4v) is 16.3. The average Bonchev–Trinajstić information content (AvgIpc) is 1.32. The first-order valence-electron chi connectivity index (χ1n) is 39.8. The summed E-state index contributed by atoms with van der Waals surface area (Å²) in [4.78, 5) is 125. The van der Waals surface area contributed by atoms with E-state index in [-0.39, 0.29) is 147 Å². The van der Waals surface area contributed by atoms with Crippen LogP contribution in [0.4, 0.5) is 11.4 Å². The van der Waals surface area contributed by atoms with Crippen LogP contribution in [-0.4, -0.2) is 251 Å². The molecule has 8 N–H and O–H groups in total. The number of aliphatic carboxylic acids is 1. The molecule has 4 rings (SSSR count). The van der Waals surface area contributed by atoms with Gasteiger partial charge in [0.05, 0.1) is 85.3 Å². The molecule has 18 atom stereocenters. The van der Waals surface area contributed by atoms with Gasteiger partial charge in [-0.3, -0.25) is 48.2 Å². The van der Waals surface area contributed by atoms with Crippen LogP contribution in [0.5, 0.6) is 0 Å². The Kier molecular flexibility index (Phi) is 44.8. The van der Waals surface area contributed by atoms with Crippen LogP contribution in [0.1, 0.15) is 174 Å². The van der Waals surface area contributed by atoms with Crippen molar-refractivity contribution in [1.82, 2.24) is 34.7 Å². The maximum Gasteiger partial charge on any atom is 0.308 e. The summed E-state index contributed by atoms with van der Waals surface area (Å²) >= 11 is 0. The van der Waals surface area contributed by atoms with Gasteiger partial charge in [0.15, 0.2) is 11.6 Å². The highest BCUT2D eigenvalue weighted by Crippen LogP contribution is 2.34. The number of carbonyl (C=O) groups excluding carboxylic acids is 7. The van der Waals surface area contributed by atoms with Crippen molar-refractivity contribution in [2.75, 3.05) is 108 Å². The van der Waals surface area contributed by atoms with Gasteiger partial charge in [-0.15, -0.1) is 0 Å². The molecule has 2 unspecified atom stereocenters. The molecule has 0 spiro atoms. The number of amides is 5. The summed E-state index contributed by atoms with van der Waals surface area (Å²) in [6.45, 7) is 29.0. The van der Waals surface area contributed by atoms with E-state index in [2.05, 4.69) is 46.1 Å². The minimum atomic E-state index is -0.962. The maximum atomic E-state index is 14.3. The first-order chi connectivity index (χ1) is 52.2. The summed E-state index contributed by atoms with van der Waals surface area (Å²) in [5, 5.41) is 19.8. The standard InChI is InChI=1S/C41H70N8O6.C32H59N3O7.C9H13N5.H/c1-13-27(6)38(48(10)41(53)32(25(2)3)22-34(50)37(26(4)5)47(8)9)35(54-11)23-36(51)49-20-14-15-33(49)39(55-12)28(7)40(52)45-31(24-44-46-43)21-29-16-18-30(42)19-17-29;1-13-21(6)29(34(10)31(38)23(19(2)3)17-25(36)28(20(4)5)33(8)9)26(41-11)18-27(37)35-16-14-15-24(35)30(42-12)22(7)32(39)40;10-8-3-1-7(2-4-8)5-9(11)6-13-14-12;/h16-19,25-28,31-33,35,37-39H,13-15,20-24,42H2,1-12H3,(H,45,52);19-24,26,28-30H,13-18H2,1-12H3,(H,39,40);1-4,9H,5-6,10-11H2;/q;;;-1/t27-,28+,31-,32-,33-,35+,37-,38?,39+;21-,22+,23-,24-,26+,28-,29?,30+;9-;/m000./s1/i;;;1+1. The summed E-state index contributed by atoms with van der Waals surface area (Å²) in [6.07, 6.45) is 3.49. The smallest absolute Gasteiger partial charge is 0.308 e. The second-order valence-electron chi connectivity index (χ2n) is 32.5. The third kappa shape index (κ3) is 30.4. The maximum absolute atomic E-state index is 14.3. The molecule has 29 heteroatoms. The molecule has 0 aromatic heterocycles. The molecule has 2 aromatic rings. The highest BCUT2D eigenvalue weighted by atomic mass is 16.5. The Morgan fingerprint density at radius 1 is 0.550 bits per heavy atom. The third-order valence-corrected chi connectivity index (χ3v) is 22.6. The van der Waals surface area contributed by atoms with Gasteiger partial charge in [-0.2, -0.15) is 0 Å². The summed E-state index contributed by atoms with van der Waals surface area (Å²) in [6, 6.07) is 12.2. The fraction of sp³-hybridized carbons (Fsp3) is 0.756. The zero-order valence-corrected chi connectivity index (χ0v) is 71.6. The molecule has 630 valence electrons. The number of ketones is 2. The van der Waals surface area contributed by atoms with Gasteiger partial charge in [-0.05, 0) is 156 Å². The number of carbonyl (C=O) groups is 8. The zero-order chi connectivity index (χ0) is 84.4. The summed E-state index contributed by atoms with van der Waals surface area (Å²) in [5.41, 5.74) is 37.6. The van der Waals surface area contributed by atoms with E-state index in [4.69, 9.17) is 47.2 Å². The number of likely N-dealkylation sites (N-methyl/N-ethyl adjacent to an activating group) is 4. The van der Waals surface area contributed by atoms with Crippen molar-refractivity contribution in [3.8, 4) is 0 Å². The molecule has 5 amide bonds. The number of nitrogens with one attached hydrogen (secondary N) is 1. The van der Waals surface area contributed by atoms with Gasteiger partial charge in [-0.1, -0.05) is 137 Å². The lowest BCUT2D eigenvalue weighted by atomic mass is 9.83. The van der Waals surface area contributed by atoms with E-state index in [1.807, 2.05) is 137 Å². The van der Waals surface area contributed by atoms with Crippen LogP contribution >= 0.6 is 0 Å². The van der Waals surface area contributed by atoms with Gasteiger partial charge in [0.1, 0.15) is 0 Å². The van der Waals surface area contributed by atoms with Crippen LogP contribution in [0.2, 0.25) is 0 Å². The van der Waals surface area contributed by atoms with Crippen molar-refractivity contribution in [1.29, 1.82) is 0 Å². The number of hydrogen-bond donors (Lipinski definition) is 5. The number of rotatable bonds is 45. The Balaban J connectivity index is 0.000000966. The number of nitrogen functional groups attached to an aromatic ring is 2. The van der Waals surface area contributed by atoms with Gasteiger partial charge in [-0.25, -0.2) is 0 Å². The topological polar surface area (TPSA) is 401 Å². The van der Waals surface area contributed by atoms with Crippen LogP contribution in [0.3, 0.4) is 0 Å². The molecule has 2 aliphatic rings. The van der Waals surface area contributed by atoms with E-state index in [1.165, 1.54) is 7.11 Å². The largest absolute Gasteiger partial charge is 1.00 e. The number of nitrogens with zero attached hydrogens (tertiary/aromatic N) is 12. The second-order valence-corrected chi connectivity index (χ2v) is 32.5. The lowest BCUT2D eigenvalue weighted by Crippen LogP contribution is -2.54. The first-order valence-corrected chi connectivity index (χ1v) is 39.8. The zero-order valence-electron chi connectivity index (χ0n) is 72.6. The fourth-order valence-electron chi connectivity index (χ4n) is 16.3. The number of likely N-dealkylation sites (tertiary alicyclic amines) is 2. The predicted molar refractivity (Wildman–Crippen MR) is 439 cm³/mol. The molecule has 0 aliphatic carbocycles. The molecule has 2 heterocycles. The van der Waals surface area contributed by atoms with E-state index in [9.17, 15) is 43.5 Å². The number of anilines is 2. The van der Waals surface area contributed by atoms with Crippen molar-refractivity contribution in [2.24, 2.45) is 75.1 Å². The van der Waals surface area contributed by atoms with Crippen LogP contribution in [0, 0.1) is 59.2 Å². The SMILES string of the molecule is CC[C@H](C)C([C@@H](CC(=O)N1CCC[C@H]1[C@H](OC)[C@@H](C)C(=O)N[C@H](CN=[N+]=[N-])Cc1ccc(N)cc1)OC)N(C)C(=O)[C@@H](CC(=O)[C@H](C(C)C)N(C)C)C(C)C.CC[C@H](C)C([C@@H](CC(=O)N1CCC[C@H]1[C@H](OC)[C@@H](C)C(=O)O)OC)N(C)C(=O)[C@@H](CC(=O)[C@H](C(C)C)N(C)C)C(C)C.[2H-].[N-]=[N+]=NC[C@@H](N)Cc1ccc(N)cc1. The van der Waals surface area contributed by atoms with E-state index in [1.54, 1.807) is 81.0 Å². The quantitative estimate of drug-likeness (QED) is 0.0178. The van der Waals surface area contributed by atoms with Crippen LogP contribution in [0.25, 0.3) is 20.9 Å². The van der Waals surface area contributed by atoms with E-state index >= 15 is 0 Å². The Morgan fingerprint density at radius 2 is 0.910 bits per heavy atom. The number of carboxylic acids is 1. The number of benzene rings is 2. The summed E-state index contributed by atoms with van der Waals surface area (Å²) in [7, 11) is 17.3. The van der Waals surface area contributed by atoms with E-state index in [0.29, 0.717) is 51.0 Å². The Bertz CT molecular complexity index is 3270. The van der Waals surface area contributed by atoms with Gasteiger partial charge < -0.3 is 67.6 Å². The average molecular weight is 1560 g/mol. The highest BCUT2D eigenvalue weighted by Gasteiger charge is 2.46. The number of methoxy groups -OCH3 is 4. The molecule has 2 fully saturated rings. The predicted octanol–water partition coefficient (Wildman–Crippen LogP) is 10.7. The Labute approximate surface area is 664 Å². The number of Topliss-reactive ketones (excluding diaryl/α,β-unsaturated/α-hetero) is 2. The number of nitrogens with two attached hydrogens (primary N) is 3. The molecular weight excluding hydrogens is 1420 g/mol. The van der Waals surface area contributed by atoms with Gasteiger partial charge in [0, 0.05) is 127 Å². The highest BCUT2D eigenvalue weighted by molar-refractivity contribution is 5.91. The molecule has 29 nitrogen and oxygen atoms in total. The van der Waals surface area contributed by atoms with Crippen molar-refractivity contribution in [3.63, 3.8) is 0 Å². The number of ether oxygens (including phenoxy) is 4. The number of carboxylic acid groups (broad SMARTS) is 1. The molecule has 2 saturated heterocycles. The van der Waals surface area contributed by atoms with Gasteiger partial charge >= 0.3 is 5.97 Å². The molecule has 2 aromatic carbocycles. The lowest BCUT2D eigenvalue weighted by Gasteiger charge is -2.41. The Morgan fingerprint density at radius 3 is 1.23 bits per heavy atom. The first kappa shape index (κ1) is 99.6. The molecule has 0 bridgehead atoms. The van der Waals surface area contributed by atoms with Crippen molar-refractivity contribution in [3.05, 3.63) is 80.5 Å². The van der Waals surface area contributed by atoms with E-state index < -0.39 is 66.1 Å². The minimum Gasteiger partial charge on any atom is -1.00 e. The Hall–Kier alpha value is -7.46. The molecule has 111 heavy (non-hydrogen) atoms. The number of azide groups is 2. The molecule has 0 radical (unpaired) electrons. The summed E-state index contributed by atoms with van der Waals surface area (Å²) in [5.74, 6) is -3.93. The molecular formula is C82H143N16O13-. The van der Waals surface area contributed by atoms with Crippen LogP contribution in [0.15, 0.2) is 58.8 Å². The van der Waals surface area contributed by atoms with E-state index in [0.717, 1.165) is 42.5 Å². The molecule has 2 aliphatic heterocycles. The number of hydrogen-bond acceptors (Lipinski definition) is 19. The van der Waals surface area contributed by atoms with Crippen molar-refractivity contribution >= 4 is 58.4 Å². The van der Waals surface area contributed by atoms with Crippen LogP contribution < -0.4 is 22.5 Å². The lowest BCUT2D eigenvalue weighted by molar-refractivity contribution is -0.152. The van der Waals surface area contributed by atoms with Crippen LogP contribution in [-0.2, 0) is 70.1 Å². The monoisotopic (exact) mass is 1560 g/mol. The summed E-state index contributed by atoms with van der Waals surface area (Å²) < 4.78 is 23.5. The third-order valence-electron chi connectivity index (χ3n) is 22.6. The van der Waals surface area contributed by atoms with Crippen molar-refractivity contribution < 1.29 is 63.8 Å². The van der Waals surface area contributed by atoms with Gasteiger partial charge in [0.2, 0.25) is 29.5 Å². The minimum absolute atomic E-state index is 0. The second kappa shape index (κ2) is 49.9. The normalized spacial score (nSPS) is 18.7.